The van der Waals surface area contributed by atoms with Crippen LogP contribution in [0.1, 0.15) is 43.6 Å². The van der Waals surface area contributed by atoms with Crippen LogP contribution in [0, 0.1) is 0 Å². The highest BCUT2D eigenvalue weighted by atomic mass is 32.2. The highest BCUT2D eigenvalue weighted by Gasteiger charge is 2.16. The van der Waals surface area contributed by atoms with E-state index in [0.29, 0.717) is 0 Å². The van der Waals surface area contributed by atoms with Crippen molar-refractivity contribution >= 4 is 17.7 Å². The van der Waals surface area contributed by atoms with Gasteiger partial charge < -0.3 is 10.6 Å². The first kappa shape index (κ1) is 17.2. The van der Waals surface area contributed by atoms with E-state index < -0.39 is 0 Å². The van der Waals surface area contributed by atoms with Gasteiger partial charge in [-0.1, -0.05) is 13.8 Å². The summed E-state index contributed by atoms with van der Waals surface area (Å²) >= 11 is 2.07. The van der Waals surface area contributed by atoms with Crippen LogP contribution in [0.2, 0.25) is 0 Å². The summed E-state index contributed by atoms with van der Waals surface area (Å²) in [4.78, 5) is 4.34. The van der Waals surface area contributed by atoms with Gasteiger partial charge in [0.2, 0.25) is 0 Å². The SMILES string of the molecule is CCc1nn(C)c(CC)c1CNC(=NC)NCC1CCCS1. The number of guanidine groups is 1. The van der Waals surface area contributed by atoms with Gasteiger partial charge in [0.05, 0.1) is 5.69 Å². The molecule has 2 heterocycles. The summed E-state index contributed by atoms with van der Waals surface area (Å²) in [5, 5.41) is 12.3. The van der Waals surface area contributed by atoms with E-state index in [1.54, 1.807) is 0 Å². The van der Waals surface area contributed by atoms with Crippen LogP contribution in [0.5, 0.6) is 0 Å². The van der Waals surface area contributed by atoms with Gasteiger partial charge in [0.15, 0.2) is 5.96 Å². The van der Waals surface area contributed by atoms with Gasteiger partial charge in [-0.15, -0.1) is 0 Å². The quantitative estimate of drug-likeness (QED) is 0.622. The predicted molar refractivity (Wildman–Crippen MR) is 95.6 cm³/mol. The molecule has 0 radical (unpaired) electrons. The Morgan fingerprint density at radius 2 is 2.18 bits per heavy atom. The predicted octanol–water partition coefficient (Wildman–Crippen LogP) is 2.11. The summed E-state index contributed by atoms with van der Waals surface area (Å²) in [6, 6.07) is 0. The molecule has 124 valence electrons. The maximum absolute atomic E-state index is 4.63. The second kappa shape index (κ2) is 8.46. The fourth-order valence-corrected chi connectivity index (χ4v) is 4.20. The lowest BCUT2D eigenvalue weighted by Gasteiger charge is -2.15. The van der Waals surface area contributed by atoms with Gasteiger partial charge in [0, 0.05) is 43.7 Å². The Labute approximate surface area is 138 Å². The molecule has 1 aromatic heterocycles. The molecule has 0 spiro atoms. The van der Waals surface area contributed by atoms with Gasteiger partial charge in [-0.3, -0.25) is 9.67 Å². The monoisotopic (exact) mass is 323 g/mol. The van der Waals surface area contributed by atoms with E-state index in [2.05, 4.69) is 46.3 Å². The fourth-order valence-electron chi connectivity index (χ4n) is 3.00. The third kappa shape index (κ3) is 4.18. The molecule has 1 aliphatic heterocycles. The van der Waals surface area contributed by atoms with Crippen molar-refractivity contribution < 1.29 is 0 Å². The van der Waals surface area contributed by atoms with Gasteiger partial charge >= 0.3 is 0 Å². The number of hydrogen-bond acceptors (Lipinski definition) is 3. The molecule has 0 amide bonds. The Morgan fingerprint density at radius 1 is 1.36 bits per heavy atom. The Kier molecular flexibility index (Phi) is 6.61. The number of aromatic nitrogens is 2. The van der Waals surface area contributed by atoms with E-state index in [-0.39, 0.29) is 0 Å². The normalized spacial score (nSPS) is 18.7. The van der Waals surface area contributed by atoms with E-state index in [1.165, 1.54) is 35.5 Å². The van der Waals surface area contributed by atoms with Gasteiger partial charge in [0.1, 0.15) is 0 Å². The van der Waals surface area contributed by atoms with Crippen molar-refractivity contribution in [2.24, 2.45) is 12.0 Å². The number of aliphatic imine (C=N–C) groups is 1. The van der Waals surface area contributed by atoms with Crippen LogP contribution < -0.4 is 10.6 Å². The van der Waals surface area contributed by atoms with Crippen LogP contribution in [-0.4, -0.2) is 40.3 Å². The molecule has 0 aliphatic carbocycles. The van der Waals surface area contributed by atoms with Crippen molar-refractivity contribution in [1.29, 1.82) is 0 Å². The minimum absolute atomic E-state index is 0.731. The van der Waals surface area contributed by atoms with Crippen molar-refractivity contribution in [3.05, 3.63) is 17.0 Å². The van der Waals surface area contributed by atoms with E-state index in [9.17, 15) is 0 Å². The minimum Gasteiger partial charge on any atom is -0.355 e. The van der Waals surface area contributed by atoms with Crippen LogP contribution in [0.15, 0.2) is 4.99 Å². The van der Waals surface area contributed by atoms with Crippen LogP contribution in [-0.2, 0) is 26.4 Å². The van der Waals surface area contributed by atoms with Crippen LogP contribution >= 0.6 is 11.8 Å². The van der Waals surface area contributed by atoms with Crippen molar-refractivity contribution in [1.82, 2.24) is 20.4 Å². The maximum atomic E-state index is 4.63. The zero-order valence-corrected chi connectivity index (χ0v) is 15.1. The van der Waals surface area contributed by atoms with Crippen LogP contribution in [0.3, 0.4) is 0 Å². The molecule has 1 aliphatic rings. The molecular formula is C16H29N5S. The number of thioether (sulfide) groups is 1. The highest BCUT2D eigenvalue weighted by Crippen LogP contribution is 2.25. The van der Waals surface area contributed by atoms with Crippen molar-refractivity contribution in [2.45, 2.75) is 51.3 Å². The molecule has 1 aromatic rings. The molecule has 2 N–H and O–H groups in total. The van der Waals surface area contributed by atoms with E-state index in [1.807, 2.05) is 18.8 Å². The third-order valence-electron chi connectivity index (χ3n) is 4.21. The third-order valence-corrected chi connectivity index (χ3v) is 5.60. The summed E-state index contributed by atoms with van der Waals surface area (Å²) in [6.07, 6.45) is 4.64. The molecule has 0 saturated carbocycles. The molecule has 1 unspecified atom stereocenters. The Morgan fingerprint density at radius 3 is 2.77 bits per heavy atom. The molecule has 1 fully saturated rings. The lowest BCUT2D eigenvalue weighted by molar-refractivity contribution is 0.701. The smallest absolute Gasteiger partial charge is 0.191 e. The summed E-state index contributed by atoms with van der Waals surface area (Å²) in [7, 11) is 3.87. The summed E-state index contributed by atoms with van der Waals surface area (Å²) in [5.41, 5.74) is 3.82. The summed E-state index contributed by atoms with van der Waals surface area (Å²) in [6.45, 7) is 6.14. The Bertz CT molecular complexity index is 503. The average molecular weight is 324 g/mol. The Balaban J connectivity index is 1.92. The standard InChI is InChI=1S/C16H29N5S/c1-5-14-13(15(6-2)21(4)20-14)11-19-16(17-3)18-10-12-8-7-9-22-12/h12H,5-11H2,1-4H3,(H2,17,18,19). The van der Waals surface area contributed by atoms with E-state index in [0.717, 1.165) is 37.1 Å². The Hall–Kier alpha value is -1.17. The lowest BCUT2D eigenvalue weighted by atomic mass is 10.1. The first-order valence-electron chi connectivity index (χ1n) is 8.29. The van der Waals surface area contributed by atoms with Gasteiger partial charge in [-0.25, -0.2) is 0 Å². The molecule has 22 heavy (non-hydrogen) atoms. The first-order valence-corrected chi connectivity index (χ1v) is 9.34. The van der Waals surface area contributed by atoms with Crippen molar-refractivity contribution in [3.8, 4) is 0 Å². The zero-order valence-electron chi connectivity index (χ0n) is 14.3. The van der Waals surface area contributed by atoms with Crippen LogP contribution in [0.4, 0.5) is 0 Å². The summed E-state index contributed by atoms with van der Waals surface area (Å²) in [5.74, 6) is 2.19. The van der Waals surface area contributed by atoms with Gasteiger partial charge in [-0.05, 0) is 31.4 Å². The van der Waals surface area contributed by atoms with Gasteiger partial charge in [0.25, 0.3) is 0 Å². The molecule has 1 atom stereocenters. The van der Waals surface area contributed by atoms with E-state index >= 15 is 0 Å². The van der Waals surface area contributed by atoms with Crippen molar-refractivity contribution in [3.63, 3.8) is 0 Å². The molecule has 0 aromatic carbocycles. The zero-order chi connectivity index (χ0) is 15.9. The topological polar surface area (TPSA) is 54.2 Å². The minimum atomic E-state index is 0.731. The maximum Gasteiger partial charge on any atom is 0.191 e. The number of nitrogens with one attached hydrogen (secondary N) is 2. The van der Waals surface area contributed by atoms with Crippen LogP contribution in [0.25, 0.3) is 0 Å². The molecule has 0 bridgehead atoms. The van der Waals surface area contributed by atoms with Crippen molar-refractivity contribution in [2.75, 3.05) is 19.3 Å². The number of nitrogens with zero attached hydrogens (tertiary/aromatic N) is 3. The number of hydrogen-bond donors (Lipinski definition) is 2. The van der Waals surface area contributed by atoms with Gasteiger partial charge in [-0.2, -0.15) is 16.9 Å². The number of aryl methyl sites for hydroxylation is 2. The average Bonchev–Trinajstić information content (AvgIpc) is 3.14. The summed E-state index contributed by atoms with van der Waals surface area (Å²) < 4.78 is 2.02. The first-order chi connectivity index (χ1) is 10.7. The molecule has 5 nitrogen and oxygen atoms in total. The van der Waals surface area contributed by atoms with E-state index in [4.69, 9.17) is 0 Å². The highest BCUT2D eigenvalue weighted by molar-refractivity contribution is 8.00. The fraction of sp³-hybridized carbons (Fsp3) is 0.750. The molecule has 2 rings (SSSR count). The number of rotatable bonds is 6. The second-order valence-corrected chi connectivity index (χ2v) is 7.05. The molecule has 6 heteroatoms. The largest absolute Gasteiger partial charge is 0.355 e. The molecular weight excluding hydrogens is 294 g/mol. The molecule has 1 saturated heterocycles. The lowest BCUT2D eigenvalue weighted by Crippen LogP contribution is -2.40. The second-order valence-electron chi connectivity index (χ2n) is 5.64.